The van der Waals surface area contributed by atoms with Gasteiger partial charge in [-0.25, -0.2) is 0 Å². The topological polar surface area (TPSA) is 221 Å². The van der Waals surface area contributed by atoms with E-state index in [1.165, 1.54) is 196 Å². The molecule has 748 valence electrons. The lowest BCUT2D eigenvalue weighted by Crippen LogP contribution is -2.53. The van der Waals surface area contributed by atoms with Crippen molar-refractivity contribution in [1.82, 2.24) is 0 Å². The van der Waals surface area contributed by atoms with E-state index in [-0.39, 0.29) is 56.9 Å². The van der Waals surface area contributed by atoms with Crippen LogP contribution in [-0.4, -0.2) is 165 Å². The van der Waals surface area contributed by atoms with Crippen LogP contribution in [0.25, 0.3) is 0 Å². The number of hydrogen-bond acceptors (Lipinski definition) is 12. The summed E-state index contributed by atoms with van der Waals surface area (Å²) >= 11 is 0. The Hall–Kier alpha value is -11.3. The Morgan fingerprint density at radius 2 is 0.553 bits per heavy atom. The summed E-state index contributed by atoms with van der Waals surface area (Å²) in [5.74, 6) is 5.65. The standard InChI is InChI=1S/C23H29NO3.C23H29NO2.C20H25NO3.C20H25NO2.2C19H22O.CH4/c1-24(13-16-2-3-16)9-8-19-10-18(14-25)5-7-21(19)22(24)11-17-4-6-20(15-26)23(27)12-17;1-16-4-8-20-19(12-16)10-11-24(2,15-17-5-6-17)21(20)13-18-7-9-23(26-3)22(25)14-18;1-21(2)8-7-16-9-15(12-22)4-6-18(16)19(21)10-14-3-5-17(13-23)20(24)11-14;1-14-5-7-17-16(11-14)9-10-21(2,3)18(17)12-15-6-8-20(23-4)19(22)13-15;2*1-13-6-9-18-16(10-13)4-3-5-17(18)11-15-8-7-14(2)19(20)12-15;/h4-7,10,12,16,22,25-26H,2-3,8-9,11,13-15H2,1H3;4,7-9,12,14,17,21H,5-6,10-11,13,15H2,1-3H3;3-6,9,11,19,22-23H,7-8,10,12-13H2,1-2H3;5-8,11,13,18H,9-10,12H2,1-4H3;2*6-10,12,17,20H,3-5,11H2,1-2H3;1H4/p+4/t22-,24-;21-,24-;19-;18-;2*17-;/m101010./s1. The number of phenolic OH excluding ortho intramolecular Hbond substituents is 4. The summed E-state index contributed by atoms with van der Waals surface area (Å²) in [6.07, 6.45) is 23.0. The van der Waals surface area contributed by atoms with Crippen molar-refractivity contribution in [2.75, 3.05) is 95.8 Å². The van der Waals surface area contributed by atoms with Gasteiger partial charge in [0.2, 0.25) is 0 Å². The zero-order chi connectivity index (χ0) is 99.5. The third kappa shape index (κ3) is 26.2. The largest absolute Gasteiger partial charge is 0.508 e. The molecule has 4 aliphatic carbocycles. The van der Waals surface area contributed by atoms with E-state index in [2.05, 4.69) is 191 Å². The van der Waals surface area contributed by atoms with Crippen molar-refractivity contribution in [3.63, 3.8) is 0 Å². The van der Waals surface area contributed by atoms with Crippen LogP contribution in [0.2, 0.25) is 0 Å². The van der Waals surface area contributed by atoms with Gasteiger partial charge in [0.25, 0.3) is 0 Å². The molecule has 2 fully saturated rings. The molecule has 8 atom stereocenters. The van der Waals surface area contributed by atoms with Crippen molar-refractivity contribution in [1.29, 1.82) is 0 Å². The maximum atomic E-state index is 10.2. The normalized spacial score (nSPS) is 20.8. The van der Waals surface area contributed by atoms with E-state index in [4.69, 9.17) is 9.47 Å². The second-order valence-electron chi connectivity index (χ2n) is 43.8. The lowest BCUT2D eigenvalue weighted by Gasteiger charge is -2.46. The highest BCUT2D eigenvalue weighted by molar-refractivity contribution is 5.49. The fourth-order valence-electron chi connectivity index (χ4n) is 23.4. The van der Waals surface area contributed by atoms with Crippen LogP contribution in [0.4, 0.5) is 0 Å². The Morgan fingerprint density at radius 1 is 0.270 bits per heavy atom. The lowest BCUT2D eigenvalue weighted by atomic mass is 9.79. The molecule has 4 heterocycles. The Kier molecular flexibility index (Phi) is 34.7. The average Bonchev–Trinajstić information content (AvgIpc) is 1.74. The number of aliphatic hydroxyl groups excluding tert-OH is 4. The summed E-state index contributed by atoms with van der Waals surface area (Å²) in [6.45, 7) is 19.4. The molecular weight excluding hydrogens is 1750 g/mol. The number of aliphatic hydroxyl groups is 4. The van der Waals surface area contributed by atoms with E-state index in [0.29, 0.717) is 70.1 Å². The zero-order valence-corrected chi connectivity index (χ0v) is 85.7. The van der Waals surface area contributed by atoms with Gasteiger partial charge in [0.1, 0.15) is 47.2 Å². The first-order chi connectivity index (χ1) is 67.1. The van der Waals surface area contributed by atoms with Gasteiger partial charge in [0, 0.05) is 96.6 Å². The molecule has 16 nitrogen and oxygen atoms in total. The van der Waals surface area contributed by atoms with Crippen molar-refractivity contribution >= 4 is 0 Å². The van der Waals surface area contributed by atoms with Gasteiger partial charge < -0.3 is 78.5 Å². The summed E-state index contributed by atoms with van der Waals surface area (Å²) in [6, 6.07) is 76.8. The summed E-state index contributed by atoms with van der Waals surface area (Å²) in [5.41, 5.74) is 34.8. The van der Waals surface area contributed by atoms with Crippen LogP contribution < -0.4 is 9.47 Å². The van der Waals surface area contributed by atoms with Crippen LogP contribution in [0.3, 0.4) is 0 Å². The predicted octanol–water partition coefficient (Wildman–Crippen LogP) is 23.4. The first kappa shape index (κ1) is 106. The quantitative estimate of drug-likeness (QED) is 0.0287. The predicted molar refractivity (Wildman–Crippen MR) is 570 cm³/mol. The van der Waals surface area contributed by atoms with Gasteiger partial charge >= 0.3 is 0 Å². The number of aryl methyl sites for hydroxylation is 8. The molecule has 16 heteroatoms. The zero-order valence-electron chi connectivity index (χ0n) is 85.7. The van der Waals surface area contributed by atoms with Crippen molar-refractivity contribution in [2.24, 2.45) is 11.8 Å². The monoisotopic (exact) mass is 1910 g/mol. The highest BCUT2D eigenvalue weighted by Gasteiger charge is 2.46. The minimum Gasteiger partial charge on any atom is -0.508 e. The Labute approximate surface area is 840 Å². The second kappa shape index (κ2) is 46.4. The second-order valence-corrected chi connectivity index (χ2v) is 43.8. The molecule has 12 aromatic carbocycles. The summed E-state index contributed by atoms with van der Waals surface area (Å²) in [4.78, 5) is 0. The maximum Gasteiger partial charge on any atom is 0.160 e. The number of fused-ring (bicyclic) bond motifs is 6. The third-order valence-corrected chi connectivity index (χ3v) is 32.3. The molecule has 20 rings (SSSR count). The van der Waals surface area contributed by atoms with Crippen LogP contribution in [0, 0.1) is 53.4 Å². The van der Waals surface area contributed by atoms with Crippen LogP contribution >= 0.6 is 0 Å². The van der Waals surface area contributed by atoms with Gasteiger partial charge in [0.05, 0.1) is 122 Å². The molecule has 2 saturated carbocycles. The van der Waals surface area contributed by atoms with Crippen LogP contribution in [0.1, 0.15) is 251 Å². The fraction of sp³-hybridized carbons (Fsp3) is 0.424. The molecule has 0 unspecified atom stereocenters. The number of phenols is 6. The van der Waals surface area contributed by atoms with E-state index in [1.807, 2.05) is 98.8 Å². The lowest BCUT2D eigenvalue weighted by molar-refractivity contribution is -0.943. The summed E-state index contributed by atoms with van der Waals surface area (Å²) < 4.78 is 14.4. The summed E-state index contributed by atoms with van der Waals surface area (Å²) in [7, 11) is 17.1. The number of benzene rings is 12. The SMILES string of the molecule is C.COc1ccc(C[C@H]2c3ccc(C)cc3CC[N+]2(C)C)cc1O.COc1ccc(C[C@H]2c3ccc(C)cc3CC[N@@+]2(C)CC2CC2)cc1O.C[N+]1(C)CCc2cc(CO)ccc2[C@H]1Cc1ccc(CO)c(O)c1.C[N@+]1(CC2CC2)CCc2cc(CO)ccc2[C@H]1Cc1ccc(CO)c(O)c1.Cc1ccc2c(c1)CCC[C@@H]2Cc1ccc(C)c(O)c1.Cc1ccc2c(c1)CCC[C@H]2Cc1ccc(C)c(O)c1. The van der Waals surface area contributed by atoms with Crippen molar-refractivity contribution in [3.8, 4) is 46.0 Å². The molecule has 0 amide bonds. The minimum atomic E-state index is -0.149. The van der Waals surface area contributed by atoms with Crippen LogP contribution in [0.5, 0.6) is 46.0 Å². The van der Waals surface area contributed by atoms with E-state index < -0.39 is 0 Å². The van der Waals surface area contributed by atoms with Crippen LogP contribution in [-0.2, 0) is 103 Å². The molecule has 0 saturated heterocycles. The van der Waals surface area contributed by atoms with Crippen LogP contribution in [0.15, 0.2) is 218 Å². The van der Waals surface area contributed by atoms with Gasteiger partial charge in [-0.05, 0) is 279 Å². The molecule has 141 heavy (non-hydrogen) atoms. The number of quaternary nitrogens is 4. The van der Waals surface area contributed by atoms with Crippen molar-refractivity contribution in [2.45, 2.75) is 240 Å². The molecule has 0 radical (unpaired) electrons. The highest BCUT2D eigenvalue weighted by Crippen LogP contribution is 2.48. The van der Waals surface area contributed by atoms with Crippen molar-refractivity contribution < 1.29 is 78.5 Å². The molecular formula is C125H160N4O12+4. The molecule has 4 aliphatic heterocycles. The Morgan fingerprint density at radius 3 is 0.879 bits per heavy atom. The van der Waals surface area contributed by atoms with Crippen molar-refractivity contribution in [3.05, 3.63) is 374 Å². The molecule has 8 aliphatic rings. The Bertz CT molecular complexity index is 6190. The number of likely N-dealkylation sites (N-methyl/N-ethyl adjacent to an activating group) is 4. The molecule has 0 aromatic heterocycles. The number of hydrogen-bond donors (Lipinski definition) is 10. The van der Waals surface area contributed by atoms with Gasteiger partial charge in [-0.3, -0.25) is 0 Å². The van der Waals surface area contributed by atoms with E-state index in [1.54, 1.807) is 26.4 Å². The molecule has 0 bridgehead atoms. The first-order valence-corrected chi connectivity index (χ1v) is 51.4. The number of ether oxygens (including phenoxy) is 2. The number of nitrogens with zero attached hydrogens (tertiary/aromatic N) is 4. The highest BCUT2D eigenvalue weighted by atomic mass is 16.5. The molecule has 0 spiro atoms. The minimum absolute atomic E-state index is 0. The van der Waals surface area contributed by atoms with E-state index >= 15 is 0 Å². The van der Waals surface area contributed by atoms with E-state index in [0.717, 1.165) is 146 Å². The van der Waals surface area contributed by atoms with E-state index in [9.17, 15) is 51.1 Å². The first-order valence-electron chi connectivity index (χ1n) is 51.4. The molecule has 12 aromatic rings. The molecule has 10 N–H and O–H groups in total. The fourth-order valence-corrected chi connectivity index (χ4v) is 23.4. The Balaban J connectivity index is 0.000000135. The maximum absolute atomic E-state index is 10.2. The third-order valence-electron chi connectivity index (χ3n) is 32.3. The number of aromatic hydroxyl groups is 6. The van der Waals surface area contributed by atoms with Gasteiger partial charge in [-0.2, -0.15) is 0 Å². The van der Waals surface area contributed by atoms with Gasteiger partial charge in [0.15, 0.2) is 23.0 Å². The summed E-state index contributed by atoms with van der Waals surface area (Å²) in [5, 5.41) is 97.6. The van der Waals surface area contributed by atoms with Gasteiger partial charge in [-0.15, -0.1) is 0 Å². The number of rotatable bonds is 22. The average molecular weight is 1910 g/mol. The smallest absolute Gasteiger partial charge is 0.160 e. The van der Waals surface area contributed by atoms with Gasteiger partial charge in [-0.1, -0.05) is 200 Å². The number of methoxy groups -OCH3 is 2.